The summed E-state index contributed by atoms with van der Waals surface area (Å²) in [5, 5.41) is 9.40. The highest BCUT2D eigenvalue weighted by Crippen LogP contribution is 2.23. The Bertz CT molecular complexity index is 494. The van der Waals surface area contributed by atoms with E-state index < -0.39 is 5.91 Å². The van der Waals surface area contributed by atoms with E-state index in [4.69, 9.17) is 10.8 Å². The molecule has 2 rings (SSSR count). The average Bonchev–Trinajstić information content (AvgIpc) is 2.59. The van der Waals surface area contributed by atoms with Gasteiger partial charge >= 0.3 is 0 Å². The smallest absolute Gasteiger partial charge is 0.250 e. The van der Waals surface area contributed by atoms with Crippen molar-refractivity contribution < 1.29 is 9.90 Å². The van der Waals surface area contributed by atoms with Crippen molar-refractivity contribution in [3.05, 3.63) is 22.8 Å². The maximum absolute atomic E-state index is 11.0. The fraction of sp³-hybridized carbons (Fsp3) is 0.125. The number of aliphatic hydroxyl groups is 1. The van der Waals surface area contributed by atoms with Gasteiger partial charge in [0, 0.05) is 6.20 Å². The lowest BCUT2D eigenvalue weighted by Crippen LogP contribution is -2.10. The number of fused-ring (bicyclic) bond motifs is 1. The van der Waals surface area contributed by atoms with E-state index in [9.17, 15) is 4.79 Å². The Morgan fingerprint density at radius 2 is 2.43 bits per heavy atom. The number of aliphatic hydroxyl groups excluding tert-OH is 1. The van der Waals surface area contributed by atoms with Crippen molar-refractivity contribution in [2.75, 3.05) is 0 Å². The molecule has 0 spiro atoms. The predicted octanol–water partition coefficient (Wildman–Crippen LogP) is 0.282. The van der Waals surface area contributed by atoms with Crippen LogP contribution in [0.1, 0.15) is 15.4 Å². The lowest BCUT2D eigenvalue weighted by atomic mass is 10.2. The van der Waals surface area contributed by atoms with Gasteiger partial charge in [-0.05, 0) is 6.07 Å². The number of nitrogens with zero attached hydrogens (tertiary/aromatic N) is 2. The number of aromatic nitrogens is 2. The molecule has 2 heterocycles. The van der Waals surface area contributed by atoms with Crippen molar-refractivity contribution in [3.8, 4) is 0 Å². The Hall–Kier alpha value is -1.53. The van der Waals surface area contributed by atoms with E-state index in [1.807, 2.05) is 0 Å². The predicted molar refractivity (Wildman–Crippen MR) is 51.9 cm³/mol. The Morgan fingerprint density at radius 1 is 1.64 bits per heavy atom. The molecule has 0 fully saturated rings. The van der Waals surface area contributed by atoms with Gasteiger partial charge in [-0.15, -0.1) is 11.3 Å². The van der Waals surface area contributed by atoms with Gasteiger partial charge in [0.05, 0.1) is 16.9 Å². The molecule has 5 nitrogen and oxygen atoms in total. The molecule has 2 aromatic heterocycles. The molecular formula is C8H7N3O2S. The van der Waals surface area contributed by atoms with Gasteiger partial charge in [0.15, 0.2) is 5.65 Å². The van der Waals surface area contributed by atoms with Gasteiger partial charge in [-0.25, -0.2) is 9.97 Å². The summed E-state index contributed by atoms with van der Waals surface area (Å²) in [5.74, 6) is -0.509. The molecule has 6 heteroatoms. The van der Waals surface area contributed by atoms with Crippen molar-refractivity contribution >= 4 is 27.6 Å². The summed E-state index contributed by atoms with van der Waals surface area (Å²) >= 11 is 1.23. The van der Waals surface area contributed by atoms with Gasteiger partial charge < -0.3 is 10.8 Å². The largest absolute Gasteiger partial charge is 0.389 e. The Labute approximate surface area is 83.2 Å². The van der Waals surface area contributed by atoms with Gasteiger partial charge in [-0.3, -0.25) is 4.79 Å². The first-order chi connectivity index (χ1) is 6.72. The number of nitrogens with two attached hydrogens (primary N) is 1. The van der Waals surface area contributed by atoms with Crippen LogP contribution in [0.15, 0.2) is 12.3 Å². The first-order valence-electron chi connectivity index (χ1n) is 3.87. The number of thiazole rings is 1. The molecule has 14 heavy (non-hydrogen) atoms. The second-order valence-electron chi connectivity index (χ2n) is 2.64. The minimum atomic E-state index is -0.509. The van der Waals surface area contributed by atoms with Crippen LogP contribution in [0.5, 0.6) is 0 Å². The minimum Gasteiger partial charge on any atom is -0.389 e. The highest BCUT2D eigenvalue weighted by molar-refractivity contribution is 7.18. The third kappa shape index (κ3) is 1.34. The maximum atomic E-state index is 11.0. The van der Waals surface area contributed by atoms with Crippen LogP contribution in [0.25, 0.3) is 10.3 Å². The number of amides is 1. The third-order valence-electron chi connectivity index (χ3n) is 1.74. The summed E-state index contributed by atoms with van der Waals surface area (Å²) in [4.78, 5) is 19.0. The van der Waals surface area contributed by atoms with E-state index in [2.05, 4.69) is 9.97 Å². The van der Waals surface area contributed by atoms with Crippen molar-refractivity contribution in [1.29, 1.82) is 0 Å². The molecule has 0 aromatic carbocycles. The zero-order chi connectivity index (χ0) is 10.1. The molecule has 0 saturated carbocycles. The topological polar surface area (TPSA) is 89.1 Å². The molecule has 0 atom stereocenters. The number of carbonyl (C=O) groups is 1. The van der Waals surface area contributed by atoms with Crippen LogP contribution < -0.4 is 5.73 Å². The van der Waals surface area contributed by atoms with Crippen LogP contribution >= 0.6 is 11.3 Å². The Kier molecular flexibility index (Phi) is 2.14. The zero-order valence-electron chi connectivity index (χ0n) is 7.10. The summed E-state index contributed by atoms with van der Waals surface area (Å²) < 4.78 is 0.629. The van der Waals surface area contributed by atoms with Crippen LogP contribution in [0, 0.1) is 0 Å². The van der Waals surface area contributed by atoms with Gasteiger partial charge in [-0.2, -0.15) is 0 Å². The molecule has 0 unspecified atom stereocenters. The first-order valence-corrected chi connectivity index (χ1v) is 4.69. The highest BCUT2D eigenvalue weighted by Gasteiger charge is 2.11. The second kappa shape index (κ2) is 3.32. The molecule has 0 aliphatic heterocycles. The van der Waals surface area contributed by atoms with Crippen molar-refractivity contribution in [3.63, 3.8) is 0 Å². The summed E-state index contributed by atoms with van der Waals surface area (Å²) in [5.41, 5.74) is 6.03. The van der Waals surface area contributed by atoms with Crippen molar-refractivity contribution in [2.45, 2.75) is 6.61 Å². The van der Waals surface area contributed by atoms with Crippen LogP contribution in [0.3, 0.4) is 0 Å². The van der Waals surface area contributed by atoms with Crippen LogP contribution in [-0.2, 0) is 6.61 Å². The van der Waals surface area contributed by atoms with Crippen molar-refractivity contribution in [2.24, 2.45) is 5.73 Å². The lowest BCUT2D eigenvalue weighted by molar-refractivity contribution is 0.100. The standard InChI is InChI=1S/C8H7N3O2S/c9-7(13)4-1-2-10-8-6(4)14-5(3-12)11-8/h1-2,12H,3H2,(H2,9,13). The lowest BCUT2D eigenvalue weighted by Gasteiger charge is -1.93. The van der Waals surface area contributed by atoms with Crippen molar-refractivity contribution in [1.82, 2.24) is 9.97 Å². The molecule has 0 aliphatic rings. The molecule has 0 saturated heterocycles. The van der Waals surface area contributed by atoms with Crippen LogP contribution in [0.2, 0.25) is 0 Å². The number of pyridine rings is 1. The summed E-state index contributed by atoms with van der Waals surface area (Å²) in [6.45, 7) is -0.154. The normalized spacial score (nSPS) is 10.6. The summed E-state index contributed by atoms with van der Waals surface area (Å²) in [6, 6.07) is 1.55. The molecule has 2 aromatic rings. The number of carbonyl (C=O) groups excluding carboxylic acids is 1. The maximum Gasteiger partial charge on any atom is 0.250 e. The van der Waals surface area contributed by atoms with Gasteiger partial charge in [0.25, 0.3) is 0 Å². The quantitative estimate of drug-likeness (QED) is 0.743. The SMILES string of the molecule is NC(=O)c1ccnc2nc(CO)sc12. The van der Waals surface area contributed by atoms with E-state index in [1.54, 1.807) is 6.07 Å². The molecule has 0 radical (unpaired) electrons. The molecule has 72 valence electrons. The first kappa shape index (κ1) is 9.04. The Balaban J connectivity index is 2.73. The fourth-order valence-corrected chi connectivity index (χ4v) is 2.04. The van der Waals surface area contributed by atoms with Gasteiger partial charge in [-0.1, -0.05) is 0 Å². The highest BCUT2D eigenvalue weighted by atomic mass is 32.1. The van der Waals surface area contributed by atoms with E-state index in [0.29, 0.717) is 20.9 Å². The molecule has 1 amide bonds. The molecular weight excluding hydrogens is 202 g/mol. The minimum absolute atomic E-state index is 0.154. The number of primary amides is 1. The summed E-state index contributed by atoms with van der Waals surface area (Å²) in [7, 11) is 0. The molecule has 0 aliphatic carbocycles. The van der Waals surface area contributed by atoms with Gasteiger partial charge in [0.2, 0.25) is 5.91 Å². The van der Waals surface area contributed by atoms with E-state index >= 15 is 0 Å². The number of hydrogen-bond donors (Lipinski definition) is 2. The fourth-order valence-electron chi connectivity index (χ4n) is 1.14. The summed E-state index contributed by atoms with van der Waals surface area (Å²) in [6.07, 6.45) is 1.48. The zero-order valence-corrected chi connectivity index (χ0v) is 7.91. The number of rotatable bonds is 2. The second-order valence-corrected chi connectivity index (χ2v) is 3.72. The number of hydrogen-bond acceptors (Lipinski definition) is 5. The Morgan fingerprint density at radius 3 is 3.07 bits per heavy atom. The van der Waals surface area contributed by atoms with Crippen LogP contribution in [-0.4, -0.2) is 21.0 Å². The van der Waals surface area contributed by atoms with E-state index in [0.717, 1.165) is 0 Å². The molecule has 0 bridgehead atoms. The third-order valence-corrected chi connectivity index (χ3v) is 2.80. The van der Waals surface area contributed by atoms with Gasteiger partial charge in [0.1, 0.15) is 5.01 Å². The van der Waals surface area contributed by atoms with E-state index in [1.165, 1.54) is 17.5 Å². The monoisotopic (exact) mass is 209 g/mol. The average molecular weight is 209 g/mol. The molecule has 3 N–H and O–H groups in total. The van der Waals surface area contributed by atoms with Crippen LogP contribution in [0.4, 0.5) is 0 Å². The van der Waals surface area contributed by atoms with E-state index in [-0.39, 0.29) is 6.61 Å².